The number of anilines is 1. The lowest BCUT2D eigenvalue weighted by Gasteiger charge is -2.27. The Kier molecular flexibility index (Phi) is 7.41. The van der Waals surface area contributed by atoms with Crippen LogP contribution in [0.4, 0.5) is 5.69 Å². The molecule has 1 aliphatic heterocycles. The molecule has 154 valence electrons. The monoisotopic (exact) mass is 414 g/mol. The zero-order valence-electron chi connectivity index (χ0n) is 16.8. The topological polar surface area (TPSA) is 67.9 Å². The van der Waals surface area contributed by atoms with Crippen molar-refractivity contribution in [1.82, 2.24) is 4.90 Å². The van der Waals surface area contributed by atoms with Gasteiger partial charge < -0.3 is 19.7 Å². The number of benzene rings is 2. The largest absolute Gasteiger partial charge is 0.493 e. The van der Waals surface area contributed by atoms with Gasteiger partial charge in [-0.25, -0.2) is 0 Å². The lowest BCUT2D eigenvalue weighted by Crippen LogP contribution is -2.36. The van der Waals surface area contributed by atoms with Gasteiger partial charge in [-0.2, -0.15) is 0 Å². The molecular formula is C22H26N2O4S. The van der Waals surface area contributed by atoms with Crippen LogP contribution in [0.2, 0.25) is 0 Å². The Hall–Kier alpha value is -2.67. The van der Waals surface area contributed by atoms with Crippen LogP contribution in [0.5, 0.6) is 11.5 Å². The van der Waals surface area contributed by atoms with Crippen LogP contribution in [0.15, 0.2) is 47.4 Å². The van der Waals surface area contributed by atoms with Crippen molar-refractivity contribution in [3.63, 3.8) is 0 Å². The highest BCUT2D eigenvalue weighted by atomic mass is 32.2. The van der Waals surface area contributed by atoms with Gasteiger partial charge in [0.1, 0.15) is 0 Å². The number of thioether (sulfide) groups is 1. The first-order valence-electron chi connectivity index (χ1n) is 9.65. The van der Waals surface area contributed by atoms with Gasteiger partial charge in [-0.05, 0) is 49.6 Å². The number of hydrogen-bond acceptors (Lipinski definition) is 5. The second kappa shape index (κ2) is 10.2. The van der Waals surface area contributed by atoms with E-state index in [9.17, 15) is 9.59 Å². The summed E-state index contributed by atoms with van der Waals surface area (Å²) < 4.78 is 10.5. The summed E-state index contributed by atoms with van der Waals surface area (Å²) in [5.74, 6) is 1.31. The molecule has 1 fully saturated rings. The lowest BCUT2D eigenvalue weighted by atomic mass is 10.1. The number of ether oxygens (including phenoxy) is 2. The zero-order chi connectivity index (χ0) is 20.6. The first-order valence-corrected chi connectivity index (χ1v) is 10.6. The fourth-order valence-corrected chi connectivity index (χ4v) is 4.01. The third kappa shape index (κ3) is 5.44. The zero-order valence-corrected chi connectivity index (χ0v) is 17.6. The van der Waals surface area contributed by atoms with Crippen LogP contribution >= 0.6 is 11.8 Å². The number of carbonyl (C=O) groups is 2. The normalized spacial score (nSPS) is 13.7. The minimum atomic E-state index is -0.163. The molecule has 0 atom stereocenters. The van der Waals surface area contributed by atoms with Crippen LogP contribution in [0.1, 0.15) is 29.6 Å². The van der Waals surface area contributed by atoms with E-state index in [1.165, 1.54) is 11.8 Å². The Labute approximate surface area is 175 Å². The summed E-state index contributed by atoms with van der Waals surface area (Å²) in [5.41, 5.74) is 1.10. The molecule has 1 heterocycles. The molecule has 1 aliphatic rings. The van der Waals surface area contributed by atoms with E-state index in [1.807, 2.05) is 35.2 Å². The van der Waals surface area contributed by atoms with Crippen molar-refractivity contribution < 1.29 is 19.1 Å². The summed E-state index contributed by atoms with van der Waals surface area (Å²) in [6.45, 7) is 1.55. The van der Waals surface area contributed by atoms with E-state index >= 15 is 0 Å². The van der Waals surface area contributed by atoms with Crippen LogP contribution < -0.4 is 14.8 Å². The van der Waals surface area contributed by atoms with Gasteiger partial charge in [0.15, 0.2) is 11.5 Å². The van der Waals surface area contributed by atoms with E-state index in [4.69, 9.17) is 9.47 Å². The number of nitrogens with zero attached hydrogens (tertiary/aromatic N) is 1. The molecule has 6 nitrogen and oxygen atoms in total. The summed E-state index contributed by atoms with van der Waals surface area (Å²) in [6.07, 6.45) is 3.22. The van der Waals surface area contributed by atoms with E-state index in [0.717, 1.165) is 37.2 Å². The van der Waals surface area contributed by atoms with Crippen molar-refractivity contribution >= 4 is 29.3 Å². The quantitative estimate of drug-likeness (QED) is 0.692. The Morgan fingerprint density at radius 3 is 2.45 bits per heavy atom. The van der Waals surface area contributed by atoms with E-state index in [2.05, 4.69) is 5.32 Å². The smallest absolute Gasteiger partial charge is 0.255 e. The van der Waals surface area contributed by atoms with Gasteiger partial charge in [-0.1, -0.05) is 12.1 Å². The molecule has 3 rings (SSSR count). The van der Waals surface area contributed by atoms with Gasteiger partial charge in [-0.3, -0.25) is 9.59 Å². The molecule has 2 amide bonds. The maximum Gasteiger partial charge on any atom is 0.255 e. The summed E-state index contributed by atoms with van der Waals surface area (Å²) in [5, 5.41) is 2.89. The molecule has 0 aromatic heterocycles. The van der Waals surface area contributed by atoms with Crippen molar-refractivity contribution in [1.29, 1.82) is 0 Å². The first kappa shape index (κ1) is 21.0. The summed E-state index contributed by atoms with van der Waals surface area (Å²) in [7, 11) is 3.16. The molecule has 0 spiro atoms. The molecule has 2 aromatic rings. The highest BCUT2D eigenvalue weighted by Crippen LogP contribution is 2.32. The molecule has 29 heavy (non-hydrogen) atoms. The fraction of sp³-hybridized carbons (Fsp3) is 0.364. The predicted molar refractivity (Wildman–Crippen MR) is 115 cm³/mol. The molecule has 0 unspecified atom stereocenters. The van der Waals surface area contributed by atoms with E-state index in [-0.39, 0.29) is 17.6 Å². The van der Waals surface area contributed by atoms with Crippen LogP contribution in [0, 0.1) is 0 Å². The van der Waals surface area contributed by atoms with Gasteiger partial charge in [0.05, 0.1) is 31.2 Å². The third-order valence-corrected chi connectivity index (χ3v) is 5.79. The summed E-state index contributed by atoms with van der Waals surface area (Å²) in [4.78, 5) is 28.1. The average molecular weight is 415 g/mol. The number of carbonyl (C=O) groups excluding carboxylic acids is 2. The second-order valence-electron chi connectivity index (χ2n) is 6.75. The average Bonchev–Trinajstić information content (AvgIpc) is 2.78. The van der Waals surface area contributed by atoms with Crippen LogP contribution in [0.3, 0.4) is 0 Å². The Bertz CT molecular complexity index is 866. The van der Waals surface area contributed by atoms with Crippen molar-refractivity contribution in [2.45, 2.75) is 24.2 Å². The maximum atomic E-state index is 12.9. The molecule has 0 bridgehead atoms. The maximum absolute atomic E-state index is 12.9. The highest BCUT2D eigenvalue weighted by molar-refractivity contribution is 8.00. The molecular weight excluding hydrogens is 388 g/mol. The Morgan fingerprint density at radius 2 is 1.72 bits per heavy atom. The number of hydrogen-bond donors (Lipinski definition) is 1. The van der Waals surface area contributed by atoms with Gasteiger partial charge in [0.2, 0.25) is 5.91 Å². The predicted octanol–water partition coefficient (Wildman–Crippen LogP) is 4.06. The van der Waals surface area contributed by atoms with Gasteiger partial charge in [-0.15, -0.1) is 11.8 Å². The number of likely N-dealkylation sites (tertiary alicyclic amines) is 1. The Balaban J connectivity index is 1.63. The SMILES string of the molecule is COc1ccc(SCC(=O)Nc2ccccc2C(=O)N2CCCCC2)cc1OC. The van der Waals surface area contributed by atoms with Crippen molar-refractivity contribution in [3.05, 3.63) is 48.0 Å². The molecule has 0 aliphatic carbocycles. The van der Waals surface area contributed by atoms with Crippen molar-refractivity contribution in [2.24, 2.45) is 0 Å². The standard InChI is InChI=1S/C22H26N2O4S/c1-27-19-11-10-16(14-20(19)28-2)29-15-21(25)23-18-9-5-4-8-17(18)22(26)24-12-6-3-7-13-24/h4-5,8-11,14H,3,6-7,12-13,15H2,1-2H3,(H,23,25). The molecule has 0 saturated carbocycles. The van der Waals surface area contributed by atoms with Gasteiger partial charge >= 0.3 is 0 Å². The fourth-order valence-electron chi connectivity index (χ4n) is 3.29. The van der Waals surface area contributed by atoms with Crippen LogP contribution in [-0.4, -0.2) is 49.8 Å². The number of piperidine rings is 1. The molecule has 1 N–H and O–H groups in total. The molecule has 0 radical (unpaired) electrons. The van der Waals surface area contributed by atoms with Crippen LogP contribution in [-0.2, 0) is 4.79 Å². The first-order chi connectivity index (χ1) is 14.1. The number of methoxy groups -OCH3 is 2. The Morgan fingerprint density at radius 1 is 1.00 bits per heavy atom. The second-order valence-corrected chi connectivity index (χ2v) is 7.80. The van der Waals surface area contributed by atoms with Crippen molar-refractivity contribution in [2.75, 3.05) is 38.4 Å². The van der Waals surface area contributed by atoms with Gasteiger partial charge in [0, 0.05) is 18.0 Å². The number of para-hydroxylation sites is 1. The number of amides is 2. The van der Waals surface area contributed by atoms with Crippen LogP contribution in [0.25, 0.3) is 0 Å². The minimum absolute atomic E-state index is 0.0202. The highest BCUT2D eigenvalue weighted by Gasteiger charge is 2.21. The summed E-state index contributed by atoms with van der Waals surface area (Å²) >= 11 is 1.40. The van der Waals surface area contributed by atoms with Crippen molar-refractivity contribution in [3.8, 4) is 11.5 Å². The molecule has 2 aromatic carbocycles. The number of nitrogens with one attached hydrogen (secondary N) is 1. The van der Waals surface area contributed by atoms with E-state index in [0.29, 0.717) is 22.7 Å². The van der Waals surface area contributed by atoms with E-state index in [1.54, 1.807) is 26.4 Å². The molecule has 7 heteroatoms. The van der Waals surface area contributed by atoms with Gasteiger partial charge in [0.25, 0.3) is 5.91 Å². The number of rotatable bonds is 7. The minimum Gasteiger partial charge on any atom is -0.493 e. The third-order valence-electron chi connectivity index (χ3n) is 4.80. The summed E-state index contributed by atoms with van der Waals surface area (Å²) in [6, 6.07) is 12.7. The van der Waals surface area contributed by atoms with E-state index < -0.39 is 0 Å². The molecule has 1 saturated heterocycles. The lowest BCUT2D eigenvalue weighted by molar-refractivity contribution is -0.113.